The number of alkyl carbamates (subject to hydrolysis) is 1. The Hall–Kier alpha value is -0.810. The van der Waals surface area contributed by atoms with Gasteiger partial charge in [0.25, 0.3) is 0 Å². The molecule has 0 saturated carbocycles. The van der Waals surface area contributed by atoms with E-state index in [0.717, 1.165) is 71.2 Å². The van der Waals surface area contributed by atoms with Crippen molar-refractivity contribution in [3.05, 3.63) is 0 Å². The third-order valence-electron chi connectivity index (χ3n) is 3.99. The lowest BCUT2D eigenvalue weighted by Gasteiger charge is -2.21. The largest absolute Gasteiger partial charge is 0.444 e. The van der Waals surface area contributed by atoms with Crippen LogP contribution in [0.15, 0.2) is 4.99 Å². The molecule has 1 saturated heterocycles. The van der Waals surface area contributed by atoms with Crippen LogP contribution in [0.4, 0.5) is 4.79 Å². The maximum atomic E-state index is 11.5. The number of amides is 1. The van der Waals surface area contributed by atoms with Crippen molar-refractivity contribution in [3.8, 4) is 0 Å². The molecule has 3 N–H and O–H groups in total. The average molecular weight is 514 g/mol. The molecule has 0 bridgehead atoms. The fraction of sp³-hybridized carbons (Fsp3) is 0.895. The highest BCUT2D eigenvalue weighted by Crippen LogP contribution is 2.14. The predicted molar refractivity (Wildman–Crippen MR) is 123 cm³/mol. The molecule has 1 aliphatic heterocycles. The van der Waals surface area contributed by atoms with Crippen molar-refractivity contribution in [1.29, 1.82) is 0 Å². The summed E-state index contributed by atoms with van der Waals surface area (Å²) in [6.07, 6.45) is 3.55. The van der Waals surface area contributed by atoms with Gasteiger partial charge in [0.2, 0.25) is 0 Å². The summed E-state index contributed by atoms with van der Waals surface area (Å²) in [5.74, 6) is 1.41. The molecule has 0 atom stereocenters. The molecule has 1 fully saturated rings. The second-order valence-corrected chi connectivity index (χ2v) is 7.69. The summed E-state index contributed by atoms with van der Waals surface area (Å²) in [5, 5.41) is 9.23. The number of nitrogens with zero attached hydrogens (tertiary/aromatic N) is 1. The van der Waals surface area contributed by atoms with Crippen LogP contribution < -0.4 is 16.0 Å². The molecule has 0 radical (unpaired) electrons. The van der Waals surface area contributed by atoms with Crippen molar-refractivity contribution < 1.29 is 19.0 Å². The topological polar surface area (TPSA) is 93.2 Å². The third kappa shape index (κ3) is 15.2. The molecule has 1 rings (SSSR count). The van der Waals surface area contributed by atoms with Gasteiger partial charge in [-0.3, -0.25) is 4.99 Å². The quantitative estimate of drug-likeness (QED) is 0.180. The van der Waals surface area contributed by atoms with Crippen molar-refractivity contribution in [1.82, 2.24) is 16.0 Å². The molecular weight excluding hydrogens is 475 g/mol. The van der Waals surface area contributed by atoms with E-state index in [9.17, 15) is 4.79 Å². The first-order valence-corrected chi connectivity index (χ1v) is 9.97. The van der Waals surface area contributed by atoms with Gasteiger partial charge in [0.15, 0.2) is 5.96 Å². The maximum absolute atomic E-state index is 11.5. The fourth-order valence-electron chi connectivity index (χ4n) is 2.56. The molecule has 28 heavy (non-hydrogen) atoms. The number of rotatable bonds is 10. The van der Waals surface area contributed by atoms with Gasteiger partial charge < -0.3 is 30.2 Å². The van der Waals surface area contributed by atoms with E-state index in [4.69, 9.17) is 14.2 Å². The number of nitrogens with one attached hydrogen (secondary N) is 3. The number of ether oxygens (including phenoxy) is 3. The van der Waals surface area contributed by atoms with E-state index < -0.39 is 5.60 Å². The van der Waals surface area contributed by atoms with Gasteiger partial charge in [-0.15, -0.1) is 24.0 Å². The smallest absolute Gasteiger partial charge is 0.407 e. The summed E-state index contributed by atoms with van der Waals surface area (Å²) < 4.78 is 16.3. The van der Waals surface area contributed by atoms with Gasteiger partial charge in [-0.2, -0.15) is 0 Å². The summed E-state index contributed by atoms with van der Waals surface area (Å²) in [4.78, 5) is 15.7. The molecule has 0 unspecified atom stereocenters. The van der Waals surface area contributed by atoms with E-state index in [1.54, 1.807) is 7.05 Å². The van der Waals surface area contributed by atoms with Crippen LogP contribution in [0.5, 0.6) is 0 Å². The van der Waals surface area contributed by atoms with Crippen molar-refractivity contribution >= 4 is 36.0 Å². The molecule has 1 heterocycles. The first-order valence-electron chi connectivity index (χ1n) is 9.97. The van der Waals surface area contributed by atoms with E-state index in [0.29, 0.717) is 12.5 Å². The zero-order valence-electron chi connectivity index (χ0n) is 17.8. The zero-order chi connectivity index (χ0) is 20.0. The number of carbonyl (C=O) groups excluding carboxylic acids is 1. The van der Waals surface area contributed by atoms with Gasteiger partial charge in [0.1, 0.15) is 5.60 Å². The first kappa shape index (κ1) is 27.2. The van der Waals surface area contributed by atoms with E-state index in [2.05, 4.69) is 20.9 Å². The molecular formula is C19H39IN4O4. The number of carbonyl (C=O) groups is 1. The number of hydrogen-bond donors (Lipinski definition) is 3. The normalized spacial score (nSPS) is 15.5. The molecule has 1 aliphatic rings. The maximum Gasteiger partial charge on any atom is 0.407 e. The van der Waals surface area contributed by atoms with Gasteiger partial charge in [-0.1, -0.05) is 0 Å². The van der Waals surface area contributed by atoms with E-state index in [1.807, 2.05) is 20.8 Å². The summed E-state index contributed by atoms with van der Waals surface area (Å²) in [6.45, 7) is 10.9. The Balaban J connectivity index is 0.00000729. The fourth-order valence-corrected chi connectivity index (χ4v) is 2.56. The minimum absolute atomic E-state index is 0. The Morgan fingerprint density at radius 1 is 1.07 bits per heavy atom. The van der Waals surface area contributed by atoms with E-state index in [1.165, 1.54) is 0 Å². The minimum atomic E-state index is -0.469. The summed E-state index contributed by atoms with van der Waals surface area (Å²) in [7, 11) is 1.75. The van der Waals surface area contributed by atoms with Crippen LogP contribution in [0.25, 0.3) is 0 Å². The number of halogens is 1. The summed E-state index contributed by atoms with van der Waals surface area (Å²) in [5.41, 5.74) is -0.469. The standard InChI is InChI=1S/C19H38N4O4.HI/c1-19(2,3)27-18(24)23-10-5-9-21-17(20-4)22-11-6-12-26-15-16-7-13-25-14-8-16;/h16H,5-15H2,1-4H3,(H,23,24)(H2,20,21,22);1H. The Morgan fingerprint density at radius 3 is 2.29 bits per heavy atom. The van der Waals surface area contributed by atoms with Crippen molar-refractivity contribution in [2.45, 2.75) is 52.1 Å². The Bertz CT molecular complexity index is 438. The average Bonchev–Trinajstić information content (AvgIpc) is 2.62. The Labute approximate surface area is 186 Å². The van der Waals surface area contributed by atoms with Gasteiger partial charge in [-0.05, 0) is 52.4 Å². The van der Waals surface area contributed by atoms with Gasteiger partial charge in [0, 0.05) is 53.1 Å². The molecule has 1 amide bonds. The molecule has 0 aliphatic carbocycles. The van der Waals surface area contributed by atoms with Crippen LogP contribution in [0.2, 0.25) is 0 Å². The minimum Gasteiger partial charge on any atom is -0.444 e. The molecule has 0 aromatic carbocycles. The predicted octanol–water partition coefficient (Wildman–Crippen LogP) is 2.52. The van der Waals surface area contributed by atoms with Crippen molar-refractivity contribution in [3.63, 3.8) is 0 Å². The third-order valence-corrected chi connectivity index (χ3v) is 3.99. The van der Waals surface area contributed by atoms with Crippen molar-refractivity contribution in [2.75, 3.05) is 53.1 Å². The monoisotopic (exact) mass is 514 g/mol. The number of guanidine groups is 1. The van der Waals surface area contributed by atoms with Crippen molar-refractivity contribution in [2.24, 2.45) is 10.9 Å². The summed E-state index contributed by atoms with van der Waals surface area (Å²) in [6, 6.07) is 0. The Morgan fingerprint density at radius 2 is 1.68 bits per heavy atom. The van der Waals surface area contributed by atoms with Gasteiger partial charge >= 0.3 is 6.09 Å². The van der Waals surface area contributed by atoms with Crippen LogP contribution in [0.3, 0.4) is 0 Å². The highest BCUT2D eigenvalue weighted by molar-refractivity contribution is 14.0. The second kappa shape index (κ2) is 16.0. The van der Waals surface area contributed by atoms with E-state index in [-0.39, 0.29) is 30.1 Å². The molecule has 0 aromatic rings. The van der Waals surface area contributed by atoms with Gasteiger partial charge in [0.05, 0.1) is 0 Å². The van der Waals surface area contributed by atoms with Gasteiger partial charge in [-0.25, -0.2) is 4.79 Å². The number of aliphatic imine (C=N–C) groups is 1. The lowest BCUT2D eigenvalue weighted by Crippen LogP contribution is -2.39. The molecule has 0 spiro atoms. The molecule has 166 valence electrons. The number of hydrogen-bond acceptors (Lipinski definition) is 5. The lowest BCUT2D eigenvalue weighted by atomic mass is 10.0. The second-order valence-electron chi connectivity index (χ2n) is 7.69. The zero-order valence-corrected chi connectivity index (χ0v) is 20.2. The van der Waals surface area contributed by atoms with Crippen LogP contribution >= 0.6 is 24.0 Å². The highest BCUT2D eigenvalue weighted by atomic mass is 127. The van der Waals surface area contributed by atoms with E-state index >= 15 is 0 Å². The first-order chi connectivity index (χ1) is 12.9. The van der Waals surface area contributed by atoms with Crippen LogP contribution in [-0.2, 0) is 14.2 Å². The van der Waals surface area contributed by atoms with Crippen LogP contribution in [-0.4, -0.2) is 70.8 Å². The molecule has 8 nitrogen and oxygen atoms in total. The molecule has 9 heteroatoms. The Kier molecular flexibility index (Phi) is 15.6. The van der Waals surface area contributed by atoms with Crippen LogP contribution in [0, 0.1) is 5.92 Å². The lowest BCUT2D eigenvalue weighted by molar-refractivity contribution is 0.0203. The van der Waals surface area contributed by atoms with Crippen LogP contribution in [0.1, 0.15) is 46.5 Å². The summed E-state index contributed by atoms with van der Waals surface area (Å²) >= 11 is 0. The SMILES string of the molecule is CN=C(NCCCNC(=O)OC(C)(C)C)NCCCOCC1CCOCC1.I. The highest BCUT2D eigenvalue weighted by Gasteiger charge is 2.15. The molecule has 0 aromatic heterocycles.